The van der Waals surface area contributed by atoms with Gasteiger partial charge in [-0.25, -0.2) is 9.97 Å². The summed E-state index contributed by atoms with van der Waals surface area (Å²) in [4.78, 5) is 26.4. The maximum absolute atomic E-state index is 12.8. The summed E-state index contributed by atoms with van der Waals surface area (Å²) in [6.07, 6.45) is 9.47. The van der Waals surface area contributed by atoms with Crippen molar-refractivity contribution >= 4 is 5.91 Å². The van der Waals surface area contributed by atoms with Gasteiger partial charge >= 0.3 is 0 Å². The molecular formula is C24H29N5O2. The quantitative estimate of drug-likeness (QED) is 0.447. The van der Waals surface area contributed by atoms with Gasteiger partial charge in [-0.15, -0.1) is 0 Å². The molecule has 162 valence electrons. The Morgan fingerprint density at radius 1 is 1.19 bits per heavy atom. The van der Waals surface area contributed by atoms with Crippen molar-refractivity contribution in [3.8, 4) is 17.3 Å². The number of ether oxygens (including phenoxy) is 1. The molecule has 1 unspecified atom stereocenters. The number of hydrogen-bond donors (Lipinski definition) is 1. The minimum Gasteiger partial charge on any atom is -0.478 e. The van der Waals surface area contributed by atoms with Crippen LogP contribution in [0.2, 0.25) is 0 Å². The van der Waals surface area contributed by atoms with Crippen LogP contribution >= 0.6 is 0 Å². The molecule has 0 bridgehead atoms. The lowest BCUT2D eigenvalue weighted by atomic mass is 9.99. The maximum atomic E-state index is 12.8. The molecule has 0 radical (unpaired) electrons. The van der Waals surface area contributed by atoms with Crippen LogP contribution in [0.1, 0.15) is 37.4 Å². The minimum atomic E-state index is -0.0166. The topological polar surface area (TPSA) is 81.9 Å². The molecule has 0 saturated heterocycles. The second kappa shape index (κ2) is 10.2. The molecule has 1 aromatic carbocycles. The first-order valence-electron chi connectivity index (χ1n) is 11.1. The number of rotatable bonds is 8. The lowest BCUT2D eigenvalue weighted by Gasteiger charge is -2.14. The Bertz CT molecular complexity index is 989. The molecule has 0 saturated carbocycles. The molecule has 1 amide bonds. The number of carbonyl (C=O) groups is 1. The third-order valence-corrected chi connectivity index (χ3v) is 5.66. The number of benzene rings is 1. The van der Waals surface area contributed by atoms with Gasteiger partial charge in [0.25, 0.3) is 0 Å². The van der Waals surface area contributed by atoms with Gasteiger partial charge in [0.1, 0.15) is 0 Å². The Morgan fingerprint density at radius 3 is 2.81 bits per heavy atom. The van der Waals surface area contributed by atoms with Gasteiger partial charge in [-0.05, 0) is 39.0 Å². The van der Waals surface area contributed by atoms with E-state index >= 15 is 0 Å². The Kier molecular flexibility index (Phi) is 6.92. The van der Waals surface area contributed by atoms with Crippen molar-refractivity contribution in [2.45, 2.75) is 45.6 Å². The van der Waals surface area contributed by atoms with Gasteiger partial charge in [-0.3, -0.25) is 4.79 Å². The molecule has 1 aliphatic rings. The average Bonchev–Trinajstić information content (AvgIpc) is 3.22. The predicted octanol–water partition coefficient (Wildman–Crippen LogP) is 3.44. The standard InChI is InChI=1S/C24H29N5O2/c1-2-31-24-20-11-9-19(23(30)26-13-6-15-29-16-14-25-17-29)10-12-21(20)27-22(28-24)18-7-4-3-5-8-18/h3-5,7-8,14,16-17,19H,2,6,9-13,15H2,1H3,(H,26,30). The number of carbonyl (C=O) groups excluding carboxylic acids is 1. The van der Waals surface area contributed by atoms with Crippen LogP contribution in [-0.2, 0) is 24.2 Å². The lowest BCUT2D eigenvalue weighted by molar-refractivity contribution is -0.125. The highest BCUT2D eigenvalue weighted by atomic mass is 16.5. The molecule has 4 rings (SSSR count). The summed E-state index contributed by atoms with van der Waals surface area (Å²) in [6.45, 7) is 4.04. The number of imidazole rings is 1. The van der Waals surface area contributed by atoms with Crippen LogP contribution in [0.25, 0.3) is 11.4 Å². The van der Waals surface area contributed by atoms with E-state index < -0.39 is 0 Å². The Morgan fingerprint density at radius 2 is 2.03 bits per heavy atom. The molecule has 0 spiro atoms. The predicted molar refractivity (Wildman–Crippen MR) is 119 cm³/mol. The van der Waals surface area contributed by atoms with Gasteiger partial charge in [0.15, 0.2) is 5.82 Å². The largest absolute Gasteiger partial charge is 0.478 e. The SMILES string of the molecule is CCOc1nc(-c2ccccc2)nc2c1CCC(C(=O)NCCCn1ccnc1)CC2. The van der Waals surface area contributed by atoms with Crippen LogP contribution in [0.3, 0.4) is 0 Å². The fourth-order valence-corrected chi connectivity index (χ4v) is 4.01. The van der Waals surface area contributed by atoms with E-state index in [0.29, 0.717) is 24.9 Å². The van der Waals surface area contributed by atoms with E-state index in [-0.39, 0.29) is 11.8 Å². The zero-order chi connectivity index (χ0) is 21.5. The smallest absolute Gasteiger partial charge is 0.223 e. The molecule has 3 aromatic rings. The molecule has 1 atom stereocenters. The lowest BCUT2D eigenvalue weighted by Crippen LogP contribution is -2.32. The zero-order valence-corrected chi connectivity index (χ0v) is 18.0. The van der Waals surface area contributed by atoms with Gasteiger partial charge in [0, 0.05) is 42.5 Å². The molecular weight excluding hydrogens is 390 g/mol. The Labute approximate surface area is 182 Å². The molecule has 0 fully saturated rings. The summed E-state index contributed by atoms with van der Waals surface area (Å²) < 4.78 is 7.89. The number of hydrogen-bond acceptors (Lipinski definition) is 5. The number of nitrogens with one attached hydrogen (secondary N) is 1. The van der Waals surface area contributed by atoms with E-state index in [1.165, 1.54) is 0 Å². The first-order valence-corrected chi connectivity index (χ1v) is 11.1. The van der Waals surface area contributed by atoms with E-state index in [1.807, 2.05) is 48.0 Å². The molecule has 7 nitrogen and oxygen atoms in total. The van der Waals surface area contributed by atoms with Gasteiger partial charge in [-0.1, -0.05) is 30.3 Å². The monoisotopic (exact) mass is 419 g/mol. The van der Waals surface area contributed by atoms with Gasteiger partial charge < -0.3 is 14.6 Å². The normalized spacial score (nSPS) is 15.7. The molecule has 1 aliphatic carbocycles. The maximum Gasteiger partial charge on any atom is 0.223 e. The van der Waals surface area contributed by atoms with Crippen molar-refractivity contribution in [1.82, 2.24) is 24.8 Å². The minimum absolute atomic E-state index is 0.0166. The summed E-state index contributed by atoms with van der Waals surface area (Å²) in [7, 11) is 0. The van der Waals surface area contributed by atoms with Crippen molar-refractivity contribution in [3.63, 3.8) is 0 Å². The first kappa shape index (κ1) is 21.0. The fraction of sp³-hybridized carbons (Fsp3) is 0.417. The summed E-state index contributed by atoms with van der Waals surface area (Å²) in [5.74, 6) is 1.46. The summed E-state index contributed by atoms with van der Waals surface area (Å²) in [5, 5.41) is 3.11. The number of fused-ring (bicyclic) bond motifs is 1. The fourth-order valence-electron chi connectivity index (χ4n) is 4.01. The van der Waals surface area contributed by atoms with E-state index in [9.17, 15) is 4.79 Å². The molecule has 2 aromatic heterocycles. The van der Waals surface area contributed by atoms with E-state index in [0.717, 1.165) is 55.5 Å². The van der Waals surface area contributed by atoms with Crippen LogP contribution in [0, 0.1) is 5.92 Å². The van der Waals surface area contributed by atoms with E-state index in [1.54, 1.807) is 12.5 Å². The van der Waals surface area contributed by atoms with Crippen LogP contribution in [0.15, 0.2) is 49.1 Å². The van der Waals surface area contributed by atoms with E-state index in [4.69, 9.17) is 14.7 Å². The number of nitrogens with zero attached hydrogens (tertiary/aromatic N) is 4. The number of amides is 1. The molecule has 31 heavy (non-hydrogen) atoms. The second-order valence-electron chi connectivity index (χ2n) is 7.80. The van der Waals surface area contributed by atoms with Crippen LogP contribution in [0.5, 0.6) is 5.88 Å². The van der Waals surface area contributed by atoms with Crippen molar-refractivity contribution < 1.29 is 9.53 Å². The first-order chi connectivity index (χ1) is 15.2. The highest BCUT2D eigenvalue weighted by Gasteiger charge is 2.26. The van der Waals surface area contributed by atoms with Crippen LogP contribution in [-0.4, -0.2) is 38.6 Å². The van der Waals surface area contributed by atoms with Gasteiger partial charge in [0.05, 0.1) is 18.6 Å². The second-order valence-corrected chi connectivity index (χ2v) is 7.80. The van der Waals surface area contributed by atoms with Crippen molar-refractivity contribution in [3.05, 3.63) is 60.3 Å². The Hall–Kier alpha value is -3.22. The number of aromatic nitrogens is 4. The zero-order valence-electron chi connectivity index (χ0n) is 18.0. The third-order valence-electron chi connectivity index (χ3n) is 5.66. The highest BCUT2D eigenvalue weighted by Crippen LogP contribution is 2.31. The molecule has 7 heteroatoms. The summed E-state index contributed by atoms with van der Waals surface area (Å²) in [6, 6.07) is 9.97. The van der Waals surface area contributed by atoms with Gasteiger partial charge in [-0.2, -0.15) is 4.98 Å². The molecule has 1 N–H and O–H groups in total. The summed E-state index contributed by atoms with van der Waals surface area (Å²) >= 11 is 0. The summed E-state index contributed by atoms with van der Waals surface area (Å²) in [5.41, 5.74) is 3.03. The van der Waals surface area contributed by atoms with Crippen molar-refractivity contribution in [1.29, 1.82) is 0 Å². The van der Waals surface area contributed by atoms with Crippen molar-refractivity contribution in [2.75, 3.05) is 13.2 Å². The third kappa shape index (κ3) is 5.29. The molecule has 2 heterocycles. The Balaban J connectivity index is 1.41. The van der Waals surface area contributed by atoms with Crippen LogP contribution in [0.4, 0.5) is 0 Å². The van der Waals surface area contributed by atoms with Crippen LogP contribution < -0.4 is 10.1 Å². The van der Waals surface area contributed by atoms with Gasteiger partial charge in [0.2, 0.25) is 11.8 Å². The number of aryl methyl sites for hydroxylation is 2. The van der Waals surface area contributed by atoms with Crippen molar-refractivity contribution in [2.24, 2.45) is 5.92 Å². The molecule has 0 aliphatic heterocycles. The average molecular weight is 420 g/mol. The highest BCUT2D eigenvalue weighted by molar-refractivity contribution is 5.78. The van der Waals surface area contributed by atoms with E-state index in [2.05, 4.69) is 10.3 Å².